The van der Waals surface area contributed by atoms with Gasteiger partial charge in [-0.15, -0.1) is 0 Å². The Bertz CT molecular complexity index is 478. The van der Waals surface area contributed by atoms with Crippen LogP contribution in [0.5, 0.6) is 0 Å². The minimum atomic E-state index is -0.469. The number of nitrogens with zero attached hydrogens (tertiary/aromatic N) is 2. The molecule has 0 saturated carbocycles. The Morgan fingerprint density at radius 1 is 1.57 bits per heavy atom. The molecule has 1 aromatic heterocycles. The lowest BCUT2D eigenvalue weighted by molar-refractivity contribution is -0.148. The molecule has 6 heteroatoms. The molecular weight excluding hydrogens is 270 g/mol. The van der Waals surface area contributed by atoms with Crippen molar-refractivity contribution >= 4 is 11.9 Å². The van der Waals surface area contributed by atoms with Gasteiger partial charge in [-0.3, -0.25) is 19.5 Å². The molecule has 0 aromatic carbocycles. The van der Waals surface area contributed by atoms with Crippen LogP contribution in [0.2, 0.25) is 0 Å². The maximum absolute atomic E-state index is 12.0. The van der Waals surface area contributed by atoms with Crippen LogP contribution in [0, 0.1) is 0 Å². The quantitative estimate of drug-likeness (QED) is 0.782. The predicted octanol–water partition coefficient (Wildman–Crippen LogP) is 0.725. The highest BCUT2D eigenvalue weighted by atomic mass is 16.5. The van der Waals surface area contributed by atoms with Crippen LogP contribution in [0.15, 0.2) is 24.5 Å². The van der Waals surface area contributed by atoms with Crippen molar-refractivity contribution in [3.8, 4) is 0 Å². The normalized spacial score (nSPS) is 19.1. The topological polar surface area (TPSA) is 71.5 Å². The number of carbonyl (C=O) groups is 2. The van der Waals surface area contributed by atoms with Gasteiger partial charge in [0.1, 0.15) is 6.04 Å². The van der Waals surface area contributed by atoms with Gasteiger partial charge < -0.3 is 10.1 Å². The molecule has 1 atom stereocenters. The van der Waals surface area contributed by atoms with Gasteiger partial charge >= 0.3 is 5.97 Å². The van der Waals surface area contributed by atoms with Crippen LogP contribution in [0.1, 0.15) is 25.3 Å². The van der Waals surface area contributed by atoms with Crippen LogP contribution in [-0.4, -0.2) is 47.5 Å². The highest BCUT2D eigenvalue weighted by Gasteiger charge is 2.32. The lowest BCUT2D eigenvalue weighted by atomic mass is 10.1. The molecule has 1 aliphatic heterocycles. The van der Waals surface area contributed by atoms with E-state index in [1.807, 2.05) is 24.0 Å². The third-order valence-electron chi connectivity index (χ3n) is 3.38. The van der Waals surface area contributed by atoms with Gasteiger partial charge in [0.15, 0.2) is 0 Å². The number of hydrogen-bond acceptors (Lipinski definition) is 5. The number of rotatable bonds is 6. The molecule has 0 bridgehead atoms. The number of pyridine rings is 1. The van der Waals surface area contributed by atoms with Crippen molar-refractivity contribution in [2.45, 2.75) is 32.4 Å². The molecule has 21 heavy (non-hydrogen) atoms. The first-order valence-electron chi connectivity index (χ1n) is 7.27. The van der Waals surface area contributed by atoms with Gasteiger partial charge in [0.25, 0.3) is 0 Å². The Labute approximate surface area is 124 Å². The van der Waals surface area contributed by atoms with Gasteiger partial charge in [-0.2, -0.15) is 0 Å². The first-order valence-corrected chi connectivity index (χ1v) is 7.27. The van der Waals surface area contributed by atoms with Crippen molar-refractivity contribution in [2.75, 3.05) is 19.7 Å². The fourth-order valence-electron chi connectivity index (χ4n) is 2.33. The van der Waals surface area contributed by atoms with E-state index in [4.69, 9.17) is 4.74 Å². The fraction of sp³-hybridized carbons (Fsp3) is 0.533. The number of carbonyl (C=O) groups excluding carboxylic acids is 2. The van der Waals surface area contributed by atoms with Crippen molar-refractivity contribution in [1.29, 1.82) is 0 Å². The average Bonchev–Trinajstić information content (AvgIpc) is 2.50. The van der Waals surface area contributed by atoms with Crippen LogP contribution in [0.3, 0.4) is 0 Å². The van der Waals surface area contributed by atoms with E-state index in [-0.39, 0.29) is 18.3 Å². The molecule has 1 saturated heterocycles. The summed E-state index contributed by atoms with van der Waals surface area (Å²) in [6.07, 6.45) is 4.36. The summed E-state index contributed by atoms with van der Waals surface area (Å²) < 4.78 is 5.08. The van der Waals surface area contributed by atoms with Crippen molar-refractivity contribution in [1.82, 2.24) is 15.2 Å². The minimum absolute atomic E-state index is 0.0894. The molecule has 2 heterocycles. The second kappa shape index (κ2) is 7.73. The Balaban J connectivity index is 1.99. The summed E-state index contributed by atoms with van der Waals surface area (Å²) in [6.45, 7) is 4.25. The highest BCUT2D eigenvalue weighted by molar-refractivity contribution is 5.87. The molecule has 0 aliphatic carbocycles. The summed E-state index contributed by atoms with van der Waals surface area (Å²) >= 11 is 0. The number of esters is 1. The molecule has 2 rings (SSSR count). The van der Waals surface area contributed by atoms with Crippen molar-refractivity contribution in [3.63, 3.8) is 0 Å². The van der Waals surface area contributed by atoms with Gasteiger partial charge in [-0.1, -0.05) is 13.0 Å². The monoisotopic (exact) mass is 291 g/mol. The van der Waals surface area contributed by atoms with Gasteiger partial charge in [-0.05, 0) is 18.1 Å². The van der Waals surface area contributed by atoms with E-state index < -0.39 is 6.04 Å². The summed E-state index contributed by atoms with van der Waals surface area (Å²) in [7, 11) is 0. The van der Waals surface area contributed by atoms with Crippen LogP contribution in [0.25, 0.3) is 0 Å². The third-order valence-corrected chi connectivity index (χ3v) is 3.38. The second-order valence-electron chi connectivity index (χ2n) is 5.06. The van der Waals surface area contributed by atoms with Crippen molar-refractivity contribution < 1.29 is 14.3 Å². The number of ether oxygens (including phenoxy) is 1. The van der Waals surface area contributed by atoms with Crippen LogP contribution in [0.4, 0.5) is 0 Å². The van der Waals surface area contributed by atoms with Crippen LogP contribution < -0.4 is 5.32 Å². The number of piperazine rings is 1. The molecule has 114 valence electrons. The highest BCUT2D eigenvalue weighted by Crippen LogP contribution is 2.14. The Morgan fingerprint density at radius 3 is 3.14 bits per heavy atom. The van der Waals surface area contributed by atoms with E-state index >= 15 is 0 Å². The number of amides is 1. The van der Waals surface area contributed by atoms with Crippen LogP contribution >= 0.6 is 0 Å². The molecule has 0 spiro atoms. The number of nitrogens with one attached hydrogen (secondary N) is 1. The first-order chi connectivity index (χ1) is 10.2. The predicted molar refractivity (Wildman–Crippen MR) is 77.3 cm³/mol. The van der Waals surface area contributed by atoms with Gasteiger partial charge in [0.05, 0.1) is 13.0 Å². The lowest BCUT2D eigenvalue weighted by Gasteiger charge is -2.34. The largest absolute Gasteiger partial charge is 0.466 e. The standard InChI is InChI=1S/C15H21N3O3/c1-2-8-21-14(19)9-13-15(20)17-6-7-18(13)11-12-4-3-5-16-10-12/h3-5,10,13H,2,6-9,11H2,1H3,(H,17,20)/t13-/m1/s1. The molecule has 0 radical (unpaired) electrons. The zero-order valence-electron chi connectivity index (χ0n) is 12.2. The molecule has 0 unspecified atom stereocenters. The molecule has 1 fully saturated rings. The number of aromatic nitrogens is 1. The fourth-order valence-corrected chi connectivity index (χ4v) is 2.33. The first kappa shape index (κ1) is 15.4. The summed E-state index contributed by atoms with van der Waals surface area (Å²) in [4.78, 5) is 29.9. The third kappa shape index (κ3) is 4.53. The van der Waals surface area contributed by atoms with Crippen LogP contribution in [-0.2, 0) is 20.9 Å². The summed E-state index contributed by atoms with van der Waals surface area (Å²) in [5.74, 6) is -0.436. The van der Waals surface area contributed by atoms with Crippen molar-refractivity contribution in [3.05, 3.63) is 30.1 Å². The van der Waals surface area contributed by atoms with E-state index in [1.165, 1.54) is 0 Å². The maximum Gasteiger partial charge on any atom is 0.307 e. The Kier molecular flexibility index (Phi) is 5.68. The summed E-state index contributed by atoms with van der Waals surface area (Å²) in [6, 6.07) is 3.36. The van der Waals surface area contributed by atoms with E-state index in [0.29, 0.717) is 26.2 Å². The Morgan fingerprint density at radius 2 is 2.43 bits per heavy atom. The van der Waals surface area contributed by atoms with Gasteiger partial charge in [0, 0.05) is 32.0 Å². The molecule has 1 N–H and O–H groups in total. The van der Waals surface area contributed by atoms with E-state index in [1.54, 1.807) is 12.4 Å². The zero-order chi connectivity index (χ0) is 15.1. The molecular formula is C15H21N3O3. The average molecular weight is 291 g/mol. The Hall–Kier alpha value is -1.95. The SMILES string of the molecule is CCCOC(=O)C[C@@H]1C(=O)NCCN1Cc1cccnc1. The number of hydrogen-bond donors (Lipinski definition) is 1. The zero-order valence-corrected chi connectivity index (χ0v) is 12.2. The second-order valence-corrected chi connectivity index (χ2v) is 5.06. The van der Waals surface area contributed by atoms with E-state index in [9.17, 15) is 9.59 Å². The summed E-state index contributed by atoms with van der Waals surface area (Å²) in [5, 5.41) is 2.81. The smallest absolute Gasteiger partial charge is 0.307 e. The molecule has 1 aromatic rings. The molecule has 6 nitrogen and oxygen atoms in total. The maximum atomic E-state index is 12.0. The lowest BCUT2D eigenvalue weighted by Crippen LogP contribution is -2.55. The van der Waals surface area contributed by atoms with Gasteiger partial charge in [-0.25, -0.2) is 0 Å². The van der Waals surface area contributed by atoms with E-state index in [0.717, 1.165) is 12.0 Å². The van der Waals surface area contributed by atoms with Crippen molar-refractivity contribution in [2.24, 2.45) is 0 Å². The summed E-state index contributed by atoms with van der Waals surface area (Å²) in [5.41, 5.74) is 1.03. The molecule has 1 aliphatic rings. The molecule has 1 amide bonds. The van der Waals surface area contributed by atoms with Gasteiger partial charge in [0.2, 0.25) is 5.91 Å². The minimum Gasteiger partial charge on any atom is -0.466 e. The van der Waals surface area contributed by atoms with E-state index in [2.05, 4.69) is 10.3 Å².